The quantitative estimate of drug-likeness (QED) is 0.0591. The van der Waals surface area contributed by atoms with E-state index in [1.165, 1.54) is 32.3 Å². The van der Waals surface area contributed by atoms with Crippen LogP contribution in [0.25, 0.3) is 28.1 Å². The molecule has 3 aromatic carbocycles. The first kappa shape index (κ1) is 55.9. The maximum atomic E-state index is 15.6. The molecule has 3 atom stereocenters. The maximum Gasteiger partial charge on any atom is 0.250 e. The Morgan fingerprint density at radius 2 is 1.59 bits per heavy atom. The number of carbonyl (C=O) groups excluding carboxylic acids is 4. The van der Waals surface area contributed by atoms with Crippen LogP contribution < -0.4 is 16.4 Å². The van der Waals surface area contributed by atoms with E-state index >= 15 is 8.78 Å². The molecule has 6 rings (SSSR count). The SMILES string of the molecule is C=C.C=N/C=C(\NC[C@@H]1CCCN1C)c1ccc(-c2ccc(-c3cnc([C@@H]4CCCN4C(=O)[C@H](NC(C)=O)c4ccccc4)[nH]3)c(F)c2)cc1F.C=O.CC(C)CC=O.CN.COC. The molecule has 0 radical (unpaired) electrons. The Morgan fingerprint density at radius 1 is 0.984 bits per heavy atom. The molecule has 13 nitrogen and oxygen atoms in total. The van der Waals surface area contributed by atoms with Crippen molar-refractivity contribution in [2.24, 2.45) is 16.6 Å². The second-order valence-corrected chi connectivity index (χ2v) is 14.9. The number of carbonyl (C=O) groups is 4. The molecule has 1 aromatic heterocycles. The summed E-state index contributed by atoms with van der Waals surface area (Å²) in [6.45, 7) is 19.2. The van der Waals surface area contributed by atoms with Gasteiger partial charge in [-0.25, -0.2) is 13.8 Å². The number of halogens is 2. The Morgan fingerprint density at radius 3 is 2.11 bits per heavy atom. The van der Waals surface area contributed by atoms with Gasteiger partial charge >= 0.3 is 0 Å². The summed E-state index contributed by atoms with van der Waals surface area (Å²) >= 11 is 0. The Labute approximate surface area is 378 Å². The lowest BCUT2D eigenvalue weighted by Gasteiger charge is -2.28. The van der Waals surface area contributed by atoms with Crippen molar-refractivity contribution in [3.8, 4) is 22.4 Å². The first-order valence-corrected chi connectivity index (χ1v) is 21.0. The van der Waals surface area contributed by atoms with Gasteiger partial charge in [-0.3, -0.25) is 14.6 Å². The number of H-pyrrole nitrogens is 1. The fraction of sp³-hybridized carbons (Fsp3) is 0.388. The van der Waals surface area contributed by atoms with E-state index in [-0.39, 0.29) is 17.9 Å². The highest BCUT2D eigenvalue weighted by Crippen LogP contribution is 2.35. The highest BCUT2D eigenvalue weighted by Gasteiger charge is 2.36. The number of ether oxygens (including phenoxy) is 1. The van der Waals surface area contributed by atoms with Crippen LogP contribution in [-0.4, -0.2) is 105 Å². The van der Waals surface area contributed by atoms with Crippen LogP contribution in [0.4, 0.5) is 8.78 Å². The number of imidazole rings is 1. The van der Waals surface area contributed by atoms with Gasteiger partial charge in [0.05, 0.1) is 23.6 Å². The third kappa shape index (κ3) is 16.8. The van der Waals surface area contributed by atoms with Crippen molar-refractivity contribution < 1.29 is 32.7 Å². The molecule has 3 heterocycles. The Bertz CT molecular complexity index is 2040. The van der Waals surface area contributed by atoms with Crippen molar-refractivity contribution >= 4 is 37.3 Å². The average molecular weight is 887 g/mol. The van der Waals surface area contributed by atoms with Gasteiger partial charge in [0.25, 0.3) is 0 Å². The van der Waals surface area contributed by atoms with Crippen LogP contribution in [0.15, 0.2) is 97.3 Å². The van der Waals surface area contributed by atoms with Gasteiger partial charge < -0.3 is 45.5 Å². The second-order valence-electron chi connectivity index (χ2n) is 14.9. The van der Waals surface area contributed by atoms with Crippen LogP contribution >= 0.6 is 0 Å². The topological polar surface area (TPSA) is 175 Å². The number of aromatic amines is 1. The molecule has 5 N–H and O–H groups in total. The van der Waals surface area contributed by atoms with E-state index in [2.05, 4.69) is 67.9 Å². The maximum absolute atomic E-state index is 15.6. The average Bonchev–Trinajstić information content (AvgIpc) is 4.09. The van der Waals surface area contributed by atoms with Gasteiger partial charge in [0.2, 0.25) is 11.8 Å². The molecule has 2 aliphatic heterocycles. The molecule has 4 aromatic rings. The molecule has 0 saturated carbocycles. The number of aldehydes is 1. The molecule has 0 spiro atoms. The summed E-state index contributed by atoms with van der Waals surface area (Å²) in [6, 6.07) is 17.9. The number of likely N-dealkylation sites (N-methyl/N-ethyl adjacent to an activating group) is 1. The van der Waals surface area contributed by atoms with Crippen LogP contribution in [0.3, 0.4) is 0 Å². The number of nitrogens with one attached hydrogen (secondary N) is 3. The highest BCUT2D eigenvalue weighted by atomic mass is 19.1. The molecule has 0 aliphatic carbocycles. The number of nitrogens with zero attached hydrogens (tertiary/aromatic N) is 4. The van der Waals surface area contributed by atoms with Crippen molar-refractivity contribution in [2.75, 3.05) is 47.9 Å². The van der Waals surface area contributed by atoms with Crippen molar-refractivity contribution in [2.45, 2.75) is 71.0 Å². The summed E-state index contributed by atoms with van der Waals surface area (Å²) in [4.78, 5) is 59.0. The van der Waals surface area contributed by atoms with E-state index in [9.17, 15) is 14.4 Å². The number of methoxy groups -OCH3 is 1. The van der Waals surface area contributed by atoms with Gasteiger partial charge in [0.15, 0.2) is 0 Å². The number of likely N-dealkylation sites (tertiary alicyclic amines) is 2. The smallest absolute Gasteiger partial charge is 0.250 e. The van der Waals surface area contributed by atoms with Crippen molar-refractivity contribution in [3.63, 3.8) is 0 Å². The highest BCUT2D eigenvalue weighted by molar-refractivity contribution is 5.88. The first-order valence-electron chi connectivity index (χ1n) is 21.0. The van der Waals surface area contributed by atoms with Gasteiger partial charge in [-0.2, -0.15) is 0 Å². The fourth-order valence-corrected chi connectivity index (χ4v) is 7.05. The molecule has 15 heteroatoms. The lowest BCUT2D eigenvalue weighted by Crippen LogP contribution is -2.42. The molecular formula is C49H68F2N8O5. The second kappa shape index (κ2) is 30.8. The third-order valence-corrected chi connectivity index (χ3v) is 10.0. The summed E-state index contributed by atoms with van der Waals surface area (Å²) in [6.07, 6.45) is 8.38. The van der Waals surface area contributed by atoms with Crippen LogP contribution in [-0.2, 0) is 23.9 Å². The molecule has 2 aliphatic rings. The van der Waals surface area contributed by atoms with Crippen molar-refractivity contribution in [3.05, 3.63) is 121 Å². The van der Waals surface area contributed by atoms with Gasteiger partial charge in [0, 0.05) is 64.0 Å². The predicted molar refractivity (Wildman–Crippen MR) is 254 cm³/mol. The summed E-state index contributed by atoms with van der Waals surface area (Å²) < 4.78 is 35.3. The number of rotatable bonds is 13. The standard InChI is InChI=1S/C38H41F2N7O2.C5H10O.C2H6O.C2H4.CH5N.CH2O/c1-24(48)44-36(25-9-5-4-6-10-25)38(49)47-18-8-12-35(47)37-43-23-34(45-37)30-16-14-27(20-32(30)40)26-13-15-29(31(39)19-26)33(22-41-2)42-21-28-11-7-17-46(28)3;1-5(2)3-4-6;1-3-2;3*1-2/h4-6,9-10,13-16,19-20,22-23,28,35-36,42H,2,7-8,11-12,17-18,21H2,1,3H3,(H,43,45)(H,44,48);4-5H,3H2,1-2H3;1-2H3;1-2H2;2H2,1H3;1H2/b33-22-;;;;;/t28-,35-,36+;;;;;/m0...../s1. The van der Waals surface area contributed by atoms with Gasteiger partial charge in [-0.05, 0) is 99.9 Å². The molecule has 0 unspecified atom stereocenters. The monoisotopic (exact) mass is 887 g/mol. The van der Waals surface area contributed by atoms with Gasteiger partial charge in [-0.15, -0.1) is 13.2 Å². The lowest BCUT2D eigenvalue weighted by atomic mass is 10.00. The van der Waals surface area contributed by atoms with Crippen LogP contribution in [0.1, 0.15) is 81.9 Å². The van der Waals surface area contributed by atoms with Gasteiger partial charge in [0.1, 0.15) is 36.6 Å². The van der Waals surface area contributed by atoms with E-state index in [1.54, 1.807) is 49.6 Å². The minimum absolute atomic E-state index is 0.226. The van der Waals surface area contributed by atoms with E-state index < -0.39 is 17.7 Å². The Hall–Kier alpha value is -6.16. The molecule has 64 heavy (non-hydrogen) atoms. The van der Waals surface area contributed by atoms with Crippen LogP contribution in [0.5, 0.6) is 0 Å². The number of aromatic nitrogens is 2. The first-order chi connectivity index (χ1) is 30.9. The number of hydrogen-bond donors (Lipinski definition) is 4. The van der Waals surface area contributed by atoms with Crippen LogP contribution in [0, 0.1) is 17.6 Å². The molecule has 2 saturated heterocycles. The zero-order valence-corrected chi connectivity index (χ0v) is 38.5. The Balaban J connectivity index is 0.00000121. The summed E-state index contributed by atoms with van der Waals surface area (Å²) in [5.41, 5.74) is 7.93. The number of amides is 2. The minimum Gasteiger partial charge on any atom is -0.388 e. The van der Waals surface area contributed by atoms with Crippen LogP contribution in [0.2, 0.25) is 0 Å². The normalized spacial score (nSPS) is 15.7. The fourth-order valence-electron chi connectivity index (χ4n) is 7.05. The van der Waals surface area contributed by atoms with E-state index in [4.69, 9.17) is 4.79 Å². The van der Waals surface area contributed by atoms with E-state index in [1.807, 2.05) is 51.0 Å². The molecular weight excluding hydrogens is 819 g/mol. The zero-order valence-electron chi connectivity index (χ0n) is 38.5. The minimum atomic E-state index is -0.825. The number of benzene rings is 3. The summed E-state index contributed by atoms with van der Waals surface area (Å²) in [5.74, 6) is -0.403. The van der Waals surface area contributed by atoms with E-state index in [0.717, 1.165) is 32.1 Å². The molecule has 0 bridgehead atoms. The van der Waals surface area contributed by atoms with Gasteiger partial charge in [-0.1, -0.05) is 56.3 Å². The van der Waals surface area contributed by atoms with E-state index in [0.29, 0.717) is 82.9 Å². The number of hydrogen-bond acceptors (Lipinski definition) is 10. The molecule has 2 fully saturated rings. The largest absolute Gasteiger partial charge is 0.388 e. The summed E-state index contributed by atoms with van der Waals surface area (Å²) in [5, 5.41) is 6.12. The number of aliphatic imine (C=N–C) groups is 1. The Kier molecular flexibility index (Phi) is 26.9. The third-order valence-electron chi connectivity index (χ3n) is 10.0. The molecule has 2 amide bonds. The zero-order chi connectivity index (χ0) is 48.2. The number of nitrogens with two attached hydrogens (primary N) is 1. The molecule has 348 valence electrons. The lowest BCUT2D eigenvalue weighted by molar-refractivity contribution is -0.137. The van der Waals surface area contributed by atoms with Crippen molar-refractivity contribution in [1.82, 2.24) is 30.4 Å². The predicted octanol–water partition coefficient (Wildman–Crippen LogP) is 7.93. The van der Waals surface area contributed by atoms with Crippen molar-refractivity contribution in [1.29, 1.82) is 0 Å². The summed E-state index contributed by atoms with van der Waals surface area (Å²) in [7, 11) is 6.84.